The summed E-state index contributed by atoms with van der Waals surface area (Å²) in [5.41, 5.74) is 6.51. The molecule has 2 aromatic heterocycles. The van der Waals surface area contributed by atoms with Gasteiger partial charge in [0.25, 0.3) is 0 Å². The number of carbonyl (C=O) groups is 1. The van der Waals surface area contributed by atoms with Crippen molar-refractivity contribution < 1.29 is 9.53 Å². The fourth-order valence-electron chi connectivity index (χ4n) is 3.72. The Labute approximate surface area is 196 Å². The fourth-order valence-corrected chi connectivity index (χ4v) is 3.84. The molecule has 0 saturated carbocycles. The van der Waals surface area contributed by atoms with Crippen LogP contribution < -0.4 is 0 Å². The maximum Gasteiger partial charge on any atom is 0.358 e. The minimum Gasteiger partial charge on any atom is -0.461 e. The van der Waals surface area contributed by atoms with Crippen LogP contribution in [0.2, 0.25) is 5.02 Å². The lowest BCUT2D eigenvalue weighted by Gasteiger charge is -2.10. The molecular weight excluding hydrogens is 434 g/mol. The summed E-state index contributed by atoms with van der Waals surface area (Å²) in [6, 6.07) is 29.6. The topological polar surface area (TPSA) is 56.5 Å². The smallest absolute Gasteiger partial charge is 0.358 e. The van der Waals surface area contributed by atoms with Gasteiger partial charge in [-0.15, -0.1) is 0 Å². The number of carbonyl (C=O) groups excluding carboxylic acids is 1. The Hall–Kier alpha value is -3.96. The molecule has 33 heavy (non-hydrogen) atoms. The first-order valence-electron chi connectivity index (χ1n) is 10.6. The number of nitrogens with zero attached hydrogens (tertiary/aromatic N) is 3. The number of halogens is 1. The van der Waals surface area contributed by atoms with Crippen LogP contribution >= 0.6 is 11.6 Å². The van der Waals surface area contributed by atoms with Crippen LogP contribution in [0.1, 0.15) is 17.4 Å². The van der Waals surface area contributed by atoms with E-state index >= 15 is 0 Å². The van der Waals surface area contributed by atoms with E-state index in [4.69, 9.17) is 21.3 Å². The second-order valence-electron chi connectivity index (χ2n) is 7.50. The van der Waals surface area contributed by atoms with Crippen LogP contribution in [-0.2, 0) is 4.74 Å². The lowest BCUT2D eigenvalue weighted by Crippen LogP contribution is -2.06. The minimum absolute atomic E-state index is 0.222. The van der Waals surface area contributed by atoms with Gasteiger partial charge in [-0.2, -0.15) is 5.10 Å². The summed E-state index contributed by atoms with van der Waals surface area (Å²) in [7, 11) is 0. The van der Waals surface area contributed by atoms with Crippen molar-refractivity contribution in [2.75, 3.05) is 6.61 Å². The highest BCUT2D eigenvalue weighted by Gasteiger charge is 2.17. The molecule has 0 fully saturated rings. The fraction of sp³-hybridized carbons (Fsp3) is 0.0741. The van der Waals surface area contributed by atoms with Crippen molar-refractivity contribution in [2.24, 2.45) is 0 Å². The zero-order chi connectivity index (χ0) is 22.8. The van der Waals surface area contributed by atoms with E-state index in [1.54, 1.807) is 17.5 Å². The third kappa shape index (κ3) is 4.23. The number of fused-ring (bicyclic) bond motifs is 1. The Balaban J connectivity index is 1.65. The summed E-state index contributed by atoms with van der Waals surface area (Å²) >= 11 is 6.07. The number of benzene rings is 3. The summed E-state index contributed by atoms with van der Waals surface area (Å²) in [5, 5.41) is 5.15. The molecule has 2 heterocycles. The molecule has 162 valence electrons. The maximum absolute atomic E-state index is 12.3. The van der Waals surface area contributed by atoms with Crippen molar-refractivity contribution in [2.45, 2.75) is 6.92 Å². The van der Waals surface area contributed by atoms with Crippen LogP contribution in [-0.4, -0.2) is 27.2 Å². The van der Waals surface area contributed by atoms with Crippen LogP contribution in [0.25, 0.3) is 39.3 Å². The van der Waals surface area contributed by atoms with Gasteiger partial charge in [0.2, 0.25) is 0 Å². The average molecular weight is 454 g/mol. The maximum atomic E-state index is 12.3. The number of rotatable bonds is 5. The average Bonchev–Trinajstić information content (AvgIpc) is 3.29. The first-order valence-corrected chi connectivity index (χ1v) is 11.0. The molecular formula is C27H20ClN3O2. The Kier molecular flexibility index (Phi) is 5.63. The molecule has 5 nitrogen and oxygen atoms in total. The van der Waals surface area contributed by atoms with Crippen LogP contribution in [0.3, 0.4) is 0 Å². The zero-order valence-corrected chi connectivity index (χ0v) is 18.7. The normalized spacial score (nSPS) is 11.0. The molecule has 0 bridgehead atoms. The van der Waals surface area contributed by atoms with E-state index in [0.29, 0.717) is 10.7 Å². The van der Waals surface area contributed by atoms with Crippen molar-refractivity contribution >= 4 is 23.2 Å². The van der Waals surface area contributed by atoms with E-state index < -0.39 is 5.97 Å². The van der Waals surface area contributed by atoms with Gasteiger partial charge in [0.15, 0.2) is 11.3 Å². The third-order valence-electron chi connectivity index (χ3n) is 5.34. The number of ether oxygens (including phenoxy) is 1. The van der Waals surface area contributed by atoms with Crippen molar-refractivity contribution in [1.29, 1.82) is 0 Å². The monoisotopic (exact) mass is 453 g/mol. The molecule has 3 aromatic carbocycles. The highest BCUT2D eigenvalue weighted by atomic mass is 35.5. The molecule has 0 radical (unpaired) electrons. The van der Waals surface area contributed by atoms with Crippen molar-refractivity contribution in [3.63, 3.8) is 0 Å². The van der Waals surface area contributed by atoms with E-state index in [1.807, 2.05) is 48.5 Å². The van der Waals surface area contributed by atoms with Gasteiger partial charge in [-0.25, -0.2) is 14.3 Å². The second kappa shape index (κ2) is 8.88. The van der Waals surface area contributed by atoms with Gasteiger partial charge in [0.05, 0.1) is 18.0 Å². The molecule has 0 amide bonds. The number of hydrogen-bond acceptors (Lipinski definition) is 4. The predicted molar refractivity (Wildman–Crippen MR) is 130 cm³/mol. The Morgan fingerprint density at radius 3 is 2.18 bits per heavy atom. The number of aromatic nitrogens is 3. The minimum atomic E-state index is -0.471. The molecule has 6 heteroatoms. The van der Waals surface area contributed by atoms with Gasteiger partial charge >= 0.3 is 5.97 Å². The van der Waals surface area contributed by atoms with Gasteiger partial charge in [0, 0.05) is 22.2 Å². The van der Waals surface area contributed by atoms with Gasteiger partial charge in [0.1, 0.15) is 0 Å². The van der Waals surface area contributed by atoms with Gasteiger partial charge in [-0.3, -0.25) is 0 Å². The van der Waals surface area contributed by atoms with Gasteiger partial charge in [-0.05, 0) is 36.2 Å². The predicted octanol–water partition coefficient (Wildman–Crippen LogP) is 6.56. The van der Waals surface area contributed by atoms with Crippen LogP contribution in [0.4, 0.5) is 0 Å². The quantitative estimate of drug-likeness (QED) is 0.283. The molecule has 0 atom stereocenters. The molecule has 0 aliphatic heterocycles. The molecule has 0 unspecified atom stereocenters. The molecule has 0 saturated heterocycles. The SMILES string of the molecule is CCOC(=O)c1cc2nc(-c3ccc(Cl)cc3)cc(-c3ccc(-c4ccccc4)cc3)n2n1. The molecule has 0 spiro atoms. The highest BCUT2D eigenvalue weighted by molar-refractivity contribution is 6.30. The van der Waals surface area contributed by atoms with Crippen LogP contribution in [0, 0.1) is 0 Å². The highest BCUT2D eigenvalue weighted by Crippen LogP contribution is 2.29. The molecule has 0 aliphatic carbocycles. The van der Waals surface area contributed by atoms with E-state index in [1.165, 1.54) is 0 Å². The van der Waals surface area contributed by atoms with E-state index in [0.717, 1.165) is 33.6 Å². The lowest BCUT2D eigenvalue weighted by molar-refractivity contribution is 0.0519. The van der Waals surface area contributed by atoms with E-state index in [-0.39, 0.29) is 12.3 Å². The first-order chi connectivity index (χ1) is 16.1. The molecule has 0 aliphatic rings. The number of hydrogen-bond donors (Lipinski definition) is 0. The zero-order valence-electron chi connectivity index (χ0n) is 17.9. The van der Waals surface area contributed by atoms with Gasteiger partial charge < -0.3 is 4.74 Å². The van der Waals surface area contributed by atoms with Gasteiger partial charge in [-0.1, -0.05) is 78.3 Å². The Morgan fingerprint density at radius 2 is 1.48 bits per heavy atom. The Bertz CT molecular complexity index is 1430. The third-order valence-corrected chi connectivity index (χ3v) is 5.59. The Morgan fingerprint density at radius 1 is 0.848 bits per heavy atom. The van der Waals surface area contributed by atoms with Crippen LogP contribution in [0.5, 0.6) is 0 Å². The molecule has 5 aromatic rings. The van der Waals surface area contributed by atoms with Crippen molar-refractivity contribution in [3.8, 4) is 33.6 Å². The summed E-state index contributed by atoms with van der Waals surface area (Å²) < 4.78 is 6.82. The summed E-state index contributed by atoms with van der Waals surface area (Å²) in [6.07, 6.45) is 0. The molecule has 0 N–H and O–H groups in total. The van der Waals surface area contributed by atoms with E-state index in [2.05, 4.69) is 41.5 Å². The summed E-state index contributed by atoms with van der Waals surface area (Å²) in [5.74, 6) is -0.471. The second-order valence-corrected chi connectivity index (χ2v) is 7.93. The lowest BCUT2D eigenvalue weighted by atomic mass is 10.0. The first kappa shape index (κ1) is 20.9. The summed E-state index contributed by atoms with van der Waals surface area (Å²) in [6.45, 7) is 2.05. The largest absolute Gasteiger partial charge is 0.461 e. The van der Waals surface area contributed by atoms with E-state index in [9.17, 15) is 4.79 Å². The number of esters is 1. The summed E-state index contributed by atoms with van der Waals surface area (Å²) in [4.78, 5) is 17.1. The standard InChI is InChI=1S/C27H20ClN3O2/c1-2-33-27(32)24-17-26-29-23(20-12-14-22(28)15-13-20)16-25(31(26)30-24)21-10-8-19(9-11-21)18-6-4-3-5-7-18/h3-17H,2H2,1H3. The van der Waals surface area contributed by atoms with Crippen molar-refractivity contribution in [3.05, 3.63) is 102 Å². The molecule has 5 rings (SSSR count). The van der Waals surface area contributed by atoms with Crippen molar-refractivity contribution in [1.82, 2.24) is 14.6 Å². The van der Waals surface area contributed by atoms with Crippen LogP contribution in [0.15, 0.2) is 91.0 Å².